The first kappa shape index (κ1) is 25.2. The lowest BCUT2D eigenvalue weighted by Gasteiger charge is -2.24. The molecule has 0 bridgehead atoms. The second-order valence-corrected chi connectivity index (χ2v) is 9.24. The van der Waals surface area contributed by atoms with Gasteiger partial charge >= 0.3 is 6.18 Å². The third-order valence-electron chi connectivity index (χ3n) is 6.46. The standard InChI is InChI=1S/C23H22ClF3N10O2/c1-28-20-18-14(11-31-36(18)6-5-29-20)39-13-10-30-21-19(17(13)24)35(2)22(33-21)32-16-9-15(23(25,26)27)37(34-16)12-3-7-38-8-4-12/h5-6,9-12H,3-4,7-8H2,1-2H3,(H,28,29)(H,30,32,33,34). The van der Waals surface area contributed by atoms with Crippen molar-refractivity contribution in [3.8, 4) is 11.5 Å². The van der Waals surface area contributed by atoms with Gasteiger partial charge in [0.15, 0.2) is 34.3 Å². The van der Waals surface area contributed by atoms with Crippen LogP contribution in [0.2, 0.25) is 5.02 Å². The molecular formula is C23H22ClF3N10O2. The monoisotopic (exact) mass is 562 g/mol. The van der Waals surface area contributed by atoms with Crippen LogP contribution in [-0.2, 0) is 18.0 Å². The summed E-state index contributed by atoms with van der Waals surface area (Å²) in [6, 6.07) is 0.553. The first-order valence-electron chi connectivity index (χ1n) is 11.9. The quantitative estimate of drug-likeness (QED) is 0.300. The predicted molar refractivity (Wildman–Crippen MR) is 136 cm³/mol. The third-order valence-corrected chi connectivity index (χ3v) is 6.83. The zero-order valence-electron chi connectivity index (χ0n) is 20.7. The molecule has 0 aromatic carbocycles. The van der Waals surface area contributed by atoms with E-state index in [2.05, 4.69) is 35.8 Å². The molecule has 1 aliphatic heterocycles. The van der Waals surface area contributed by atoms with Gasteiger partial charge in [0, 0.05) is 45.8 Å². The number of fused-ring (bicyclic) bond motifs is 2. The van der Waals surface area contributed by atoms with Crippen LogP contribution in [0.25, 0.3) is 16.7 Å². The summed E-state index contributed by atoms with van der Waals surface area (Å²) in [7, 11) is 3.39. The lowest BCUT2D eigenvalue weighted by Crippen LogP contribution is -2.25. The van der Waals surface area contributed by atoms with E-state index in [1.54, 1.807) is 35.6 Å². The van der Waals surface area contributed by atoms with E-state index in [4.69, 9.17) is 21.1 Å². The number of rotatable bonds is 6. The maximum atomic E-state index is 13.8. The topological polar surface area (TPSA) is 121 Å². The molecule has 5 aromatic heterocycles. The second-order valence-electron chi connectivity index (χ2n) is 8.86. The molecule has 2 N–H and O–H groups in total. The van der Waals surface area contributed by atoms with Crippen molar-refractivity contribution in [2.75, 3.05) is 30.9 Å². The summed E-state index contributed by atoms with van der Waals surface area (Å²) in [5.74, 6) is 1.40. The summed E-state index contributed by atoms with van der Waals surface area (Å²) in [5.41, 5.74) is 0.449. The molecule has 0 aliphatic carbocycles. The molecule has 204 valence electrons. The average molecular weight is 563 g/mol. The van der Waals surface area contributed by atoms with Gasteiger partial charge in [-0.05, 0) is 12.8 Å². The van der Waals surface area contributed by atoms with Crippen molar-refractivity contribution in [1.82, 2.24) is 38.9 Å². The van der Waals surface area contributed by atoms with Crippen LogP contribution in [-0.4, -0.2) is 59.2 Å². The fourth-order valence-electron chi connectivity index (χ4n) is 4.58. The van der Waals surface area contributed by atoms with Crippen molar-refractivity contribution in [2.45, 2.75) is 25.1 Å². The van der Waals surface area contributed by atoms with Gasteiger partial charge < -0.3 is 24.7 Å². The molecule has 5 aromatic rings. The molecule has 0 radical (unpaired) electrons. The van der Waals surface area contributed by atoms with Gasteiger partial charge in [0.05, 0.1) is 18.4 Å². The Kier molecular flexibility index (Phi) is 6.18. The smallest absolute Gasteiger partial charge is 0.433 e. The van der Waals surface area contributed by atoms with Crippen LogP contribution >= 0.6 is 11.6 Å². The molecule has 6 rings (SSSR count). The fourth-order valence-corrected chi connectivity index (χ4v) is 4.88. The first-order chi connectivity index (χ1) is 18.7. The SMILES string of the molecule is CNc1nccn2ncc(Oc3cnc4nc(Nc5cc(C(F)(F)F)n(C6CCOCC6)n5)n(C)c4c3Cl)c12. The first-order valence-corrected chi connectivity index (χ1v) is 12.3. The van der Waals surface area contributed by atoms with E-state index >= 15 is 0 Å². The van der Waals surface area contributed by atoms with Gasteiger partial charge in [0.2, 0.25) is 5.95 Å². The Hall–Kier alpha value is -4.11. The highest BCUT2D eigenvalue weighted by Gasteiger charge is 2.38. The number of nitrogens with one attached hydrogen (secondary N) is 2. The van der Waals surface area contributed by atoms with E-state index in [0.29, 0.717) is 48.7 Å². The normalized spacial score (nSPS) is 14.8. The molecule has 12 nitrogen and oxygen atoms in total. The highest BCUT2D eigenvalue weighted by molar-refractivity contribution is 6.36. The van der Waals surface area contributed by atoms with E-state index in [1.807, 2.05) is 0 Å². The van der Waals surface area contributed by atoms with E-state index in [9.17, 15) is 13.2 Å². The Bertz CT molecular complexity index is 1670. The van der Waals surface area contributed by atoms with Crippen LogP contribution < -0.4 is 15.4 Å². The number of imidazole rings is 1. The van der Waals surface area contributed by atoms with Crippen molar-refractivity contribution >= 4 is 45.9 Å². The molecule has 0 spiro atoms. The van der Waals surface area contributed by atoms with Gasteiger partial charge in [-0.3, -0.25) is 4.68 Å². The number of nitrogens with zero attached hydrogens (tertiary/aromatic N) is 8. The molecule has 6 heterocycles. The van der Waals surface area contributed by atoms with Gasteiger partial charge in [-0.15, -0.1) is 0 Å². The Morgan fingerprint density at radius 3 is 2.67 bits per heavy atom. The predicted octanol–water partition coefficient (Wildman–Crippen LogP) is 4.81. The largest absolute Gasteiger partial charge is 0.450 e. The van der Waals surface area contributed by atoms with Crippen LogP contribution in [0, 0.1) is 0 Å². The minimum Gasteiger partial charge on any atom is -0.450 e. The van der Waals surface area contributed by atoms with E-state index in [1.165, 1.54) is 12.4 Å². The van der Waals surface area contributed by atoms with Crippen LogP contribution in [0.3, 0.4) is 0 Å². The summed E-state index contributed by atoms with van der Waals surface area (Å²) in [6.07, 6.45) is 2.54. The van der Waals surface area contributed by atoms with Gasteiger partial charge in [-0.25, -0.2) is 14.5 Å². The number of pyridine rings is 1. The number of hydrogen-bond acceptors (Lipinski definition) is 9. The van der Waals surface area contributed by atoms with Crippen molar-refractivity contribution in [2.24, 2.45) is 7.05 Å². The average Bonchev–Trinajstić information content (AvgIpc) is 3.62. The van der Waals surface area contributed by atoms with Crippen LogP contribution in [0.5, 0.6) is 11.5 Å². The van der Waals surface area contributed by atoms with Gasteiger partial charge in [0.25, 0.3) is 0 Å². The maximum Gasteiger partial charge on any atom is 0.433 e. The van der Waals surface area contributed by atoms with Gasteiger partial charge in [-0.2, -0.15) is 28.4 Å². The van der Waals surface area contributed by atoms with Crippen molar-refractivity contribution < 1.29 is 22.6 Å². The number of halogens is 4. The maximum absolute atomic E-state index is 13.8. The molecule has 0 amide bonds. The molecule has 1 aliphatic rings. The van der Waals surface area contributed by atoms with E-state index in [-0.39, 0.29) is 28.2 Å². The number of aryl methyl sites for hydroxylation is 1. The van der Waals surface area contributed by atoms with Crippen molar-refractivity contribution in [1.29, 1.82) is 0 Å². The summed E-state index contributed by atoms with van der Waals surface area (Å²) in [4.78, 5) is 13.0. The van der Waals surface area contributed by atoms with Crippen LogP contribution in [0.1, 0.15) is 24.6 Å². The van der Waals surface area contributed by atoms with Crippen LogP contribution in [0.15, 0.2) is 30.9 Å². The number of aromatic nitrogens is 8. The Labute approximate surface area is 223 Å². The number of ether oxygens (including phenoxy) is 2. The summed E-state index contributed by atoms with van der Waals surface area (Å²) >= 11 is 6.70. The Balaban J connectivity index is 1.33. The highest BCUT2D eigenvalue weighted by atomic mass is 35.5. The molecule has 0 saturated carbocycles. The molecule has 1 saturated heterocycles. The zero-order chi connectivity index (χ0) is 27.3. The summed E-state index contributed by atoms with van der Waals surface area (Å²) < 4.78 is 57.0. The summed E-state index contributed by atoms with van der Waals surface area (Å²) in [6.45, 7) is 0.762. The highest BCUT2D eigenvalue weighted by Crippen LogP contribution is 2.39. The lowest BCUT2D eigenvalue weighted by molar-refractivity contribution is -0.145. The zero-order valence-corrected chi connectivity index (χ0v) is 21.5. The van der Waals surface area contributed by atoms with Gasteiger partial charge in [0.1, 0.15) is 16.2 Å². The number of hydrogen-bond donors (Lipinski definition) is 2. The number of alkyl halides is 3. The molecular weight excluding hydrogens is 541 g/mol. The van der Waals surface area contributed by atoms with Crippen molar-refractivity contribution in [3.05, 3.63) is 41.6 Å². The fraction of sp³-hybridized carbons (Fsp3) is 0.348. The Morgan fingerprint density at radius 1 is 1.13 bits per heavy atom. The summed E-state index contributed by atoms with van der Waals surface area (Å²) in [5, 5.41) is 14.6. The Morgan fingerprint density at radius 2 is 1.92 bits per heavy atom. The van der Waals surface area contributed by atoms with E-state index < -0.39 is 17.9 Å². The third kappa shape index (κ3) is 4.46. The van der Waals surface area contributed by atoms with Gasteiger partial charge in [-0.1, -0.05) is 11.6 Å². The molecule has 1 fully saturated rings. The molecule has 0 unspecified atom stereocenters. The minimum atomic E-state index is -4.57. The minimum absolute atomic E-state index is 0.00160. The van der Waals surface area contributed by atoms with E-state index in [0.717, 1.165) is 10.7 Å². The lowest BCUT2D eigenvalue weighted by atomic mass is 10.1. The van der Waals surface area contributed by atoms with Crippen molar-refractivity contribution in [3.63, 3.8) is 0 Å². The van der Waals surface area contributed by atoms with Crippen LogP contribution in [0.4, 0.5) is 30.8 Å². The number of anilines is 3. The molecule has 39 heavy (non-hydrogen) atoms. The second kappa shape index (κ2) is 9.57. The molecule has 0 atom stereocenters. The molecule has 16 heteroatoms.